The van der Waals surface area contributed by atoms with Crippen LogP contribution in [0.5, 0.6) is 0 Å². The van der Waals surface area contributed by atoms with Crippen LogP contribution in [0.3, 0.4) is 0 Å². The highest BCUT2D eigenvalue weighted by Crippen LogP contribution is 2.13. The van der Waals surface area contributed by atoms with Crippen molar-refractivity contribution in [1.82, 2.24) is 24.7 Å². The van der Waals surface area contributed by atoms with Gasteiger partial charge in [-0.05, 0) is 43.4 Å². The summed E-state index contributed by atoms with van der Waals surface area (Å²) in [7, 11) is 0. The molecule has 20 heavy (non-hydrogen) atoms. The maximum atomic E-state index is 4.50. The fourth-order valence-corrected chi connectivity index (χ4v) is 2.14. The fraction of sp³-hybridized carbons (Fsp3) is 0.500. The van der Waals surface area contributed by atoms with Crippen molar-refractivity contribution in [3.05, 3.63) is 16.0 Å². The normalized spacial score (nSPS) is 10.6. The number of hydrogen-bond acceptors (Lipinski definition) is 6. The highest BCUT2D eigenvalue weighted by atomic mass is 127. The summed E-state index contributed by atoms with van der Waals surface area (Å²) in [5, 5.41) is 7.39. The molecule has 0 amide bonds. The Morgan fingerprint density at radius 3 is 2.50 bits per heavy atom. The molecule has 7 nitrogen and oxygen atoms in total. The van der Waals surface area contributed by atoms with Crippen LogP contribution in [-0.4, -0.2) is 44.4 Å². The Hall–Kier alpha value is -1.45. The predicted octanol–water partition coefficient (Wildman–Crippen LogP) is 1.94. The van der Waals surface area contributed by atoms with Crippen molar-refractivity contribution in [2.45, 2.75) is 20.8 Å². The van der Waals surface area contributed by atoms with Crippen LogP contribution in [0.2, 0.25) is 0 Å². The van der Waals surface area contributed by atoms with Crippen LogP contribution in [-0.2, 0) is 0 Å². The molecule has 0 aliphatic carbocycles. The summed E-state index contributed by atoms with van der Waals surface area (Å²) in [6, 6.07) is 0. The molecular weight excluding hydrogens is 369 g/mol. The first-order chi connectivity index (χ1) is 9.67. The quantitative estimate of drug-likeness (QED) is 0.764. The molecule has 0 aliphatic rings. The first kappa shape index (κ1) is 14.9. The second-order valence-electron chi connectivity index (χ2n) is 4.06. The molecule has 0 aliphatic heterocycles. The minimum atomic E-state index is 0.528. The molecule has 2 aromatic rings. The molecule has 2 aromatic heterocycles. The standard InChI is InChI=1S/C12H18IN7/c1-4-14-10-16-11(19(5-2)6-3)18-12(17-10)20-8-9(13)7-15-20/h7-8H,4-6H2,1-3H3,(H,14,16,17,18). The van der Waals surface area contributed by atoms with E-state index in [0.717, 1.165) is 23.2 Å². The Morgan fingerprint density at radius 1 is 1.20 bits per heavy atom. The number of aromatic nitrogens is 5. The van der Waals surface area contributed by atoms with E-state index in [1.807, 2.05) is 13.1 Å². The lowest BCUT2D eigenvalue weighted by atomic mass is 10.5. The first-order valence-electron chi connectivity index (χ1n) is 6.63. The van der Waals surface area contributed by atoms with Gasteiger partial charge in [-0.1, -0.05) is 0 Å². The number of halogens is 1. The molecule has 0 atom stereocenters. The van der Waals surface area contributed by atoms with E-state index in [1.54, 1.807) is 10.9 Å². The van der Waals surface area contributed by atoms with E-state index in [-0.39, 0.29) is 0 Å². The molecular formula is C12H18IN7. The summed E-state index contributed by atoms with van der Waals surface area (Å²) in [4.78, 5) is 15.4. The van der Waals surface area contributed by atoms with Gasteiger partial charge in [0.2, 0.25) is 11.9 Å². The Balaban J connectivity index is 2.45. The van der Waals surface area contributed by atoms with Crippen molar-refractivity contribution in [3.8, 4) is 5.95 Å². The molecule has 8 heteroatoms. The van der Waals surface area contributed by atoms with E-state index < -0.39 is 0 Å². The lowest BCUT2D eigenvalue weighted by Gasteiger charge is -2.19. The van der Waals surface area contributed by atoms with Gasteiger partial charge in [-0.3, -0.25) is 0 Å². The Morgan fingerprint density at radius 2 is 1.95 bits per heavy atom. The maximum absolute atomic E-state index is 4.50. The van der Waals surface area contributed by atoms with Gasteiger partial charge in [-0.25, -0.2) is 4.68 Å². The molecule has 0 saturated heterocycles. The van der Waals surface area contributed by atoms with E-state index in [0.29, 0.717) is 17.8 Å². The van der Waals surface area contributed by atoms with Crippen LogP contribution >= 0.6 is 22.6 Å². The molecule has 0 aromatic carbocycles. The van der Waals surface area contributed by atoms with E-state index in [4.69, 9.17) is 0 Å². The first-order valence-corrected chi connectivity index (χ1v) is 7.71. The molecule has 0 fully saturated rings. The van der Waals surface area contributed by atoms with Crippen molar-refractivity contribution < 1.29 is 0 Å². The summed E-state index contributed by atoms with van der Waals surface area (Å²) >= 11 is 2.21. The Bertz CT molecular complexity index is 565. The molecule has 0 bridgehead atoms. The van der Waals surface area contributed by atoms with Gasteiger partial charge in [0.1, 0.15) is 0 Å². The zero-order chi connectivity index (χ0) is 14.5. The third kappa shape index (κ3) is 3.35. The Kier molecular flexibility index (Phi) is 5.10. The van der Waals surface area contributed by atoms with Gasteiger partial charge >= 0.3 is 0 Å². The largest absolute Gasteiger partial charge is 0.354 e. The molecule has 2 rings (SSSR count). The van der Waals surface area contributed by atoms with Gasteiger partial charge in [0.15, 0.2) is 0 Å². The van der Waals surface area contributed by atoms with Crippen molar-refractivity contribution in [3.63, 3.8) is 0 Å². The number of anilines is 2. The smallest absolute Gasteiger partial charge is 0.257 e. The number of rotatable bonds is 6. The van der Waals surface area contributed by atoms with E-state index >= 15 is 0 Å². The molecule has 0 saturated carbocycles. The third-order valence-electron chi connectivity index (χ3n) is 2.75. The minimum absolute atomic E-state index is 0.528. The highest BCUT2D eigenvalue weighted by molar-refractivity contribution is 14.1. The highest BCUT2D eigenvalue weighted by Gasteiger charge is 2.12. The molecule has 1 N–H and O–H groups in total. The van der Waals surface area contributed by atoms with Gasteiger partial charge in [0, 0.05) is 25.8 Å². The SMILES string of the molecule is CCNc1nc(N(CC)CC)nc(-n2cc(I)cn2)n1. The van der Waals surface area contributed by atoms with Gasteiger partial charge in [-0.15, -0.1) is 0 Å². The van der Waals surface area contributed by atoms with Crippen LogP contribution in [0.15, 0.2) is 12.4 Å². The van der Waals surface area contributed by atoms with Crippen molar-refractivity contribution in [2.75, 3.05) is 29.9 Å². The van der Waals surface area contributed by atoms with E-state index in [1.165, 1.54) is 0 Å². The average Bonchev–Trinajstić information content (AvgIpc) is 2.87. The topological polar surface area (TPSA) is 71.8 Å². The van der Waals surface area contributed by atoms with Crippen LogP contribution in [0.4, 0.5) is 11.9 Å². The van der Waals surface area contributed by atoms with Crippen LogP contribution in [0, 0.1) is 3.57 Å². The second kappa shape index (κ2) is 6.82. The van der Waals surface area contributed by atoms with Crippen molar-refractivity contribution in [2.24, 2.45) is 0 Å². The number of nitrogens with zero attached hydrogens (tertiary/aromatic N) is 6. The van der Waals surface area contributed by atoms with Crippen LogP contribution in [0.1, 0.15) is 20.8 Å². The molecule has 0 unspecified atom stereocenters. The van der Waals surface area contributed by atoms with E-state index in [9.17, 15) is 0 Å². The van der Waals surface area contributed by atoms with Crippen LogP contribution in [0.25, 0.3) is 5.95 Å². The second-order valence-corrected chi connectivity index (χ2v) is 5.31. The zero-order valence-electron chi connectivity index (χ0n) is 11.8. The van der Waals surface area contributed by atoms with E-state index in [2.05, 4.69) is 66.7 Å². The van der Waals surface area contributed by atoms with Gasteiger partial charge in [0.05, 0.1) is 9.77 Å². The monoisotopic (exact) mass is 387 g/mol. The Labute approximate surface area is 132 Å². The summed E-state index contributed by atoms with van der Waals surface area (Å²) in [5.74, 6) is 1.77. The zero-order valence-corrected chi connectivity index (χ0v) is 14.0. The molecule has 0 radical (unpaired) electrons. The van der Waals surface area contributed by atoms with Crippen molar-refractivity contribution >= 4 is 34.5 Å². The van der Waals surface area contributed by atoms with Crippen LogP contribution < -0.4 is 10.2 Å². The number of hydrogen-bond donors (Lipinski definition) is 1. The lowest BCUT2D eigenvalue weighted by molar-refractivity contribution is 0.761. The summed E-state index contributed by atoms with van der Waals surface area (Å²) in [6.45, 7) is 8.63. The third-order valence-corrected chi connectivity index (χ3v) is 3.31. The van der Waals surface area contributed by atoms with Gasteiger partial charge in [-0.2, -0.15) is 20.1 Å². The van der Waals surface area contributed by atoms with Gasteiger partial charge < -0.3 is 10.2 Å². The molecule has 0 spiro atoms. The maximum Gasteiger partial charge on any atom is 0.257 e. The lowest BCUT2D eigenvalue weighted by Crippen LogP contribution is -2.25. The number of nitrogens with one attached hydrogen (secondary N) is 1. The summed E-state index contributed by atoms with van der Waals surface area (Å²) < 4.78 is 2.70. The summed E-state index contributed by atoms with van der Waals surface area (Å²) in [5.41, 5.74) is 0. The average molecular weight is 387 g/mol. The predicted molar refractivity (Wildman–Crippen MR) is 87.4 cm³/mol. The summed E-state index contributed by atoms with van der Waals surface area (Å²) in [6.07, 6.45) is 3.66. The van der Waals surface area contributed by atoms with Gasteiger partial charge in [0.25, 0.3) is 5.95 Å². The molecule has 108 valence electrons. The van der Waals surface area contributed by atoms with Crippen molar-refractivity contribution in [1.29, 1.82) is 0 Å². The molecule has 2 heterocycles. The fourth-order valence-electron chi connectivity index (χ4n) is 1.75. The minimum Gasteiger partial charge on any atom is -0.354 e.